The van der Waals surface area contributed by atoms with Crippen LogP contribution in [0.1, 0.15) is 50.7 Å². The van der Waals surface area contributed by atoms with E-state index in [0.717, 1.165) is 16.8 Å². The van der Waals surface area contributed by atoms with E-state index in [4.69, 9.17) is 9.47 Å². The van der Waals surface area contributed by atoms with Crippen LogP contribution in [0.5, 0.6) is 0 Å². The lowest BCUT2D eigenvalue weighted by atomic mass is 9.68. The number of methoxy groups -OCH3 is 1. The molecule has 3 rings (SSSR count). The highest BCUT2D eigenvalue weighted by Crippen LogP contribution is 2.46. The molecule has 0 bridgehead atoms. The highest BCUT2D eigenvalue weighted by Gasteiger charge is 2.47. The minimum atomic E-state index is -0.881. The number of hydrogen-bond acceptors (Lipinski definition) is 6. The molecular weight excluding hydrogens is 382 g/mol. The van der Waals surface area contributed by atoms with Gasteiger partial charge in [0.15, 0.2) is 5.78 Å². The van der Waals surface area contributed by atoms with Gasteiger partial charge in [0.25, 0.3) is 0 Å². The lowest BCUT2D eigenvalue weighted by molar-refractivity contribution is -0.151. The van der Waals surface area contributed by atoms with Crippen molar-refractivity contribution in [2.45, 2.75) is 46.5 Å². The zero-order valence-corrected chi connectivity index (χ0v) is 18.2. The van der Waals surface area contributed by atoms with Crippen LogP contribution in [0.3, 0.4) is 0 Å². The Morgan fingerprint density at radius 2 is 1.90 bits per heavy atom. The molecule has 0 unspecified atom stereocenters. The minimum absolute atomic E-state index is 0.199. The highest BCUT2D eigenvalue weighted by atomic mass is 16.5. The van der Waals surface area contributed by atoms with Gasteiger partial charge in [-0.2, -0.15) is 0 Å². The van der Waals surface area contributed by atoms with Gasteiger partial charge in [-0.05, 0) is 43.7 Å². The molecule has 0 saturated heterocycles. The number of Topliss-reactive ketones (excluding diaryl/α,β-unsaturated/α-hetero) is 1. The maximum atomic E-state index is 13.6. The van der Waals surface area contributed by atoms with Crippen LogP contribution in [0.4, 0.5) is 0 Å². The molecule has 0 radical (unpaired) electrons. The topological polar surface area (TPSA) is 81.7 Å². The van der Waals surface area contributed by atoms with Crippen molar-refractivity contribution in [2.75, 3.05) is 13.7 Å². The fourth-order valence-electron chi connectivity index (χ4n) is 4.45. The molecule has 0 fully saturated rings. The van der Waals surface area contributed by atoms with Crippen molar-refractivity contribution in [1.29, 1.82) is 0 Å². The summed E-state index contributed by atoms with van der Waals surface area (Å²) in [6.07, 6.45) is 1.23. The third-order valence-corrected chi connectivity index (χ3v) is 5.90. The smallest absolute Gasteiger partial charge is 0.336 e. The maximum absolute atomic E-state index is 13.6. The van der Waals surface area contributed by atoms with E-state index in [-0.39, 0.29) is 11.7 Å². The molecule has 1 aliphatic heterocycles. The van der Waals surface area contributed by atoms with Crippen LogP contribution in [-0.2, 0) is 23.9 Å². The molecule has 1 heterocycles. The van der Waals surface area contributed by atoms with E-state index in [1.807, 2.05) is 52.0 Å². The van der Waals surface area contributed by atoms with Crippen LogP contribution in [0.25, 0.3) is 0 Å². The number of aryl methyl sites for hydroxylation is 1. The average molecular weight is 411 g/mol. The summed E-state index contributed by atoms with van der Waals surface area (Å²) in [5.74, 6) is -2.93. The molecule has 0 spiro atoms. The van der Waals surface area contributed by atoms with E-state index in [1.165, 1.54) is 7.11 Å². The van der Waals surface area contributed by atoms with Crippen molar-refractivity contribution >= 4 is 17.7 Å². The van der Waals surface area contributed by atoms with Gasteiger partial charge in [0.05, 0.1) is 19.3 Å². The van der Waals surface area contributed by atoms with E-state index >= 15 is 0 Å². The number of esters is 2. The number of carbonyl (C=O) groups excluding carboxylic acids is 3. The second-order valence-corrected chi connectivity index (χ2v) is 8.03. The van der Waals surface area contributed by atoms with Crippen LogP contribution in [0.15, 0.2) is 46.8 Å². The summed E-state index contributed by atoms with van der Waals surface area (Å²) in [7, 11) is 1.29. The van der Waals surface area contributed by atoms with E-state index in [0.29, 0.717) is 36.3 Å². The van der Waals surface area contributed by atoms with Crippen molar-refractivity contribution in [3.63, 3.8) is 0 Å². The number of benzene rings is 1. The van der Waals surface area contributed by atoms with Gasteiger partial charge in [-0.25, -0.2) is 4.79 Å². The Balaban J connectivity index is 2.18. The average Bonchev–Trinajstić information content (AvgIpc) is 2.71. The molecule has 6 heteroatoms. The quantitative estimate of drug-likeness (QED) is 0.589. The second-order valence-electron chi connectivity index (χ2n) is 8.03. The van der Waals surface area contributed by atoms with Gasteiger partial charge in [0.1, 0.15) is 5.92 Å². The number of dihydropyridines is 1. The number of rotatable bonds is 5. The normalized spacial score (nSPS) is 23.6. The summed E-state index contributed by atoms with van der Waals surface area (Å²) >= 11 is 0. The molecule has 1 aromatic rings. The Kier molecular flexibility index (Phi) is 6.44. The molecule has 160 valence electrons. The molecule has 1 aliphatic carbocycles. The first-order chi connectivity index (χ1) is 14.3. The van der Waals surface area contributed by atoms with Crippen LogP contribution < -0.4 is 5.32 Å². The third kappa shape index (κ3) is 3.78. The number of ketones is 1. The number of carbonyl (C=O) groups is 3. The van der Waals surface area contributed by atoms with Gasteiger partial charge in [0, 0.05) is 22.9 Å². The Labute approximate surface area is 177 Å². The van der Waals surface area contributed by atoms with Gasteiger partial charge in [-0.3, -0.25) is 9.59 Å². The molecular formula is C24H29NO5. The summed E-state index contributed by atoms with van der Waals surface area (Å²) in [5, 5.41) is 3.27. The summed E-state index contributed by atoms with van der Waals surface area (Å²) < 4.78 is 10.4. The predicted molar refractivity (Wildman–Crippen MR) is 112 cm³/mol. The Morgan fingerprint density at radius 1 is 1.20 bits per heavy atom. The monoisotopic (exact) mass is 411 g/mol. The van der Waals surface area contributed by atoms with Crippen molar-refractivity contribution < 1.29 is 23.9 Å². The van der Waals surface area contributed by atoms with E-state index in [9.17, 15) is 14.4 Å². The zero-order chi connectivity index (χ0) is 22.0. The Morgan fingerprint density at radius 3 is 2.53 bits per heavy atom. The van der Waals surface area contributed by atoms with Crippen molar-refractivity contribution in [3.05, 3.63) is 57.9 Å². The first-order valence-electron chi connectivity index (χ1n) is 10.4. The fourth-order valence-corrected chi connectivity index (χ4v) is 4.45. The number of ether oxygens (including phenoxy) is 2. The van der Waals surface area contributed by atoms with Crippen molar-refractivity contribution in [1.82, 2.24) is 5.32 Å². The minimum Gasteiger partial charge on any atom is -0.468 e. The first-order valence-corrected chi connectivity index (χ1v) is 10.4. The van der Waals surface area contributed by atoms with Gasteiger partial charge in [-0.1, -0.05) is 38.1 Å². The third-order valence-electron chi connectivity index (χ3n) is 5.90. The second kappa shape index (κ2) is 8.86. The highest BCUT2D eigenvalue weighted by molar-refractivity contribution is 6.12. The molecule has 2 aliphatic rings. The van der Waals surface area contributed by atoms with E-state index in [1.54, 1.807) is 0 Å². The van der Waals surface area contributed by atoms with Gasteiger partial charge >= 0.3 is 11.9 Å². The van der Waals surface area contributed by atoms with E-state index in [2.05, 4.69) is 5.32 Å². The Bertz CT molecular complexity index is 943. The number of hydrogen-bond donors (Lipinski definition) is 1. The first kappa shape index (κ1) is 21.8. The summed E-state index contributed by atoms with van der Waals surface area (Å²) in [6, 6.07) is 7.69. The predicted octanol–water partition coefficient (Wildman–Crippen LogP) is 3.56. The SMILES string of the molecule is CCCOC(=O)C1=C(C)NC2=C(C(=O)[C@H](C(=O)OC)[C@@H](C)C2)[C@@H]1c1ccccc1C. The number of allylic oxidation sites excluding steroid dienone is 3. The maximum Gasteiger partial charge on any atom is 0.336 e. The van der Waals surface area contributed by atoms with Gasteiger partial charge in [0.2, 0.25) is 0 Å². The van der Waals surface area contributed by atoms with Crippen LogP contribution in [0, 0.1) is 18.8 Å². The molecule has 6 nitrogen and oxygen atoms in total. The molecule has 30 heavy (non-hydrogen) atoms. The van der Waals surface area contributed by atoms with Gasteiger partial charge < -0.3 is 14.8 Å². The Hall–Kier alpha value is -2.89. The van der Waals surface area contributed by atoms with Crippen LogP contribution >= 0.6 is 0 Å². The zero-order valence-electron chi connectivity index (χ0n) is 18.2. The fraction of sp³-hybridized carbons (Fsp3) is 0.458. The molecule has 0 amide bonds. The lowest BCUT2D eigenvalue weighted by Crippen LogP contribution is -2.43. The van der Waals surface area contributed by atoms with Crippen molar-refractivity contribution in [2.24, 2.45) is 11.8 Å². The summed E-state index contributed by atoms with van der Waals surface area (Å²) in [5.41, 5.74) is 4.16. The molecule has 1 N–H and O–H groups in total. The van der Waals surface area contributed by atoms with Crippen LogP contribution in [0.2, 0.25) is 0 Å². The molecule has 0 aromatic heterocycles. The standard InChI is InChI=1S/C24H29NO5/c1-6-11-30-24(28)19-15(4)25-17-12-14(3)18(23(27)29-5)22(26)21(17)20(19)16-10-8-7-9-13(16)2/h7-10,14,18,20,25H,6,11-12H2,1-5H3/t14-,18+,20+/m0/s1. The summed E-state index contributed by atoms with van der Waals surface area (Å²) in [6.45, 7) is 7.89. The van der Waals surface area contributed by atoms with Crippen LogP contribution in [-0.4, -0.2) is 31.4 Å². The van der Waals surface area contributed by atoms with E-state index < -0.39 is 23.8 Å². The van der Waals surface area contributed by atoms with Gasteiger partial charge in [-0.15, -0.1) is 0 Å². The lowest BCUT2D eigenvalue weighted by Gasteiger charge is -2.38. The molecule has 1 aromatic carbocycles. The van der Waals surface area contributed by atoms with Crippen molar-refractivity contribution in [3.8, 4) is 0 Å². The molecule has 0 saturated carbocycles. The molecule has 3 atom stereocenters. The summed E-state index contributed by atoms with van der Waals surface area (Å²) in [4.78, 5) is 39.0. The number of nitrogens with one attached hydrogen (secondary N) is 1. The largest absolute Gasteiger partial charge is 0.468 e.